The maximum Gasteiger partial charge on any atom is 0.292 e. The van der Waals surface area contributed by atoms with Gasteiger partial charge in [0.1, 0.15) is 0 Å². The molecule has 4 rings (SSSR count). The van der Waals surface area contributed by atoms with Gasteiger partial charge in [-0.15, -0.1) is 0 Å². The predicted molar refractivity (Wildman–Crippen MR) is 98.6 cm³/mol. The summed E-state index contributed by atoms with van der Waals surface area (Å²) in [6.07, 6.45) is 6.33. The molecule has 144 valence electrons. The van der Waals surface area contributed by atoms with E-state index in [4.69, 9.17) is 9.51 Å². The smallest absolute Gasteiger partial charge is 0.292 e. The fourth-order valence-corrected chi connectivity index (χ4v) is 4.22. The molecular weight excluding hydrogens is 346 g/mol. The molecule has 1 unspecified atom stereocenters. The number of nitrogens with one attached hydrogen (secondary N) is 1. The van der Waals surface area contributed by atoms with Crippen LogP contribution in [0, 0.1) is 0 Å². The Labute approximate surface area is 158 Å². The highest BCUT2D eigenvalue weighted by atomic mass is 16.5. The highest BCUT2D eigenvalue weighted by Gasteiger charge is 2.44. The Morgan fingerprint density at radius 2 is 2.22 bits per heavy atom. The fourth-order valence-electron chi connectivity index (χ4n) is 4.22. The monoisotopic (exact) mass is 371 g/mol. The second-order valence-electron chi connectivity index (χ2n) is 7.62. The number of aromatic nitrogens is 4. The van der Waals surface area contributed by atoms with Crippen LogP contribution in [0.2, 0.25) is 0 Å². The lowest BCUT2D eigenvalue weighted by Crippen LogP contribution is -2.45. The first-order valence-electron chi connectivity index (χ1n) is 9.31. The molecular formula is C18H25N7O2. The fraction of sp³-hybridized carbons (Fsp3) is 0.611. The Hall–Kier alpha value is -2.55. The van der Waals surface area contributed by atoms with E-state index in [-0.39, 0.29) is 17.1 Å². The summed E-state index contributed by atoms with van der Waals surface area (Å²) in [5.41, 5.74) is 2.52. The van der Waals surface area contributed by atoms with Gasteiger partial charge in [0.2, 0.25) is 11.8 Å². The van der Waals surface area contributed by atoms with Gasteiger partial charge < -0.3 is 14.7 Å². The van der Waals surface area contributed by atoms with E-state index in [0.717, 1.165) is 44.7 Å². The summed E-state index contributed by atoms with van der Waals surface area (Å²) in [5, 5.41) is 6.26. The molecule has 1 amide bonds. The van der Waals surface area contributed by atoms with Gasteiger partial charge in [-0.1, -0.05) is 5.16 Å². The maximum atomic E-state index is 11.6. The summed E-state index contributed by atoms with van der Waals surface area (Å²) in [6, 6.07) is 0. The molecule has 2 aromatic rings. The van der Waals surface area contributed by atoms with Gasteiger partial charge in [-0.25, -0.2) is 9.97 Å². The van der Waals surface area contributed by atoms with Crippen LogP contribution in [0.3, 0.4) is 0 Å². The molecule has 1 atom stereocenters. The molecule has 2 aliphatic rings. The first-order valence-corrected chi connectivity index (χ1v) is 9.31. The van der Waals surface area contributed by atoms with Crippen molar-refractivity contribution in [2.24, 2.45) is 0 Å². The van der Waals surface area contributed by atoms with Crippen molar-refractivity contribution in [3.63, 3.8) is 0 Å². The van der Waals surface area contributed by atoms with Crippen LogP contribution in [-0.2, 0) is 18.4 Å². The Morgan fingerprint density at radius 1 is 1.37 bits per heavy atom. The van der Waals surface area contributed by atoms with Crippen molar-refractivity contribution in [2.75, 3.05) is 39.1 Å². The largest absolute Gasteiger partial charge is 0.352 e. The Bertz CT molecular complexity index is 846. The Balaban J connectivity index is 1.53. The number of likely N-dealkylation sites (tertiary alicyclic amines) is 1. The van der Waals surface area contributed by atoms with Crippen molar-refractivity contribution in [1.29, 1.82) is 0 Å². The molecule has 1 saturated heterocycles. The van der Waals surface area contributed by atoms with Crippen LogP contribution in [0.25, 0.3) is 0 Å². The van der Waals surface area contributed by atoms with Crippen LogP contribution in [0.4, 0.5) is 5.95 Å². The number of rotatable bonds is 4. The third-order valence-corrected chi connectivity index (χ3v) is 5.54. The molecule has 1 spiro atoms. The number of carbonyl (C=O) groups is 1. The molecule has 1 fully saturated rings. The van der Waals surface area contributed by atoms with Gasteiger partial charge in [-0.2, -0.15) is 4.98 Å². The number of anilines is 1. The molecule has 27 heavy (non-hydrogen) atoms. The maximum absolute atomic E-state index is 11.6. The van der Waals surface area contributed by atoms with Gasteiger partial charge >= 0.3 is 0 Å². The lowest BCUT2D eigenvalue weighted by atomic mass is 9.77. The van der Waals surface area contributed by atoms with Crippen molar-refractivity contribution >= 4 is 11.9 Å². The summed E-state index contributed by atoms with van der Waals surface area (Å²) in [5.74, 6) is 0.978. The number of nitrogens with zero attached hydrogens (tertiary/aromatic N) is 6. The topological polar surface area (TPSA) is 100 Å². The van der Waals surface area contributed by atoms with Gasteiger partial charge in [0.05, 0.1) is 12.2 Å². The predicted octanol–water partition coefficient (Wildman–Crippen LogP) is 0.765. The summed E-state index contributed by atoms with van der Waals surface area (Å²) in [4.78, 5) is 29.5. The summed E-state index contributed by atoms with van der Waals surface area (Å²) >= 11 is 0. The molecule has 0 radical (unpaired) electrons. The zero-order valence-electron chi connectivity index (χ0n) is 16.0. The van der Waals surface area contributed by atoms with Crippen LogP contribution in [0.5, 0.6) is 0 Å². The quantitative estimate of drug-likeness (QED) is 0.841. The minimum absolute atomic E-state index is 0.0604. The van der Waals surface area contributed by atoms with E-state index in [1.165, 1.54) is 11.3 Å². The third kappa shape index (κ3) is 3.27. The third-order valence-electron chi connectivity index (χ3n) is 5.54. The number of fused-ring (bicyclic) bond motifs is 2. The second kappa shape index (κ2) is 6.88. The van der Waals surface area contributed by atoms with E-state index in [9.17, 15) is 4.79 Å². The van der Waals surface area contributed by atoms with Crippen molar-refractivity contribution in [3.05, 3.63) is 29.2 Å². The van der Waals surface area contributed by atoms with Crippen LogP contribution < -0.4 is 10.2 Å². The molecule has 1 N–H and O–H groups in total. The average molecular weight is 371 g/mol. The number of hydrogen-bond donors (Lipinski definition) is 1. The molecule has 1 aliphatic carbocycles. The zero-order valence-corrected chi connectivity index (χ0v) is 16.0. The number of piperidine rings is 1. The molecule has 3 heterocycles. The van der Waals surface area contributed by atoms with Crippen LogP contribution in [0.15, 0.2) is 10.7 Å². The average Bonchev–Trinajstić information content (AvgIpc) is 3.27. The SMILES string of the molecule is CNC(=O)c1noc(CN2CCCC3(CCc4cnc(N(C)C)nc43)C2)n1. The van der Waals surface area contributed by atoms with E-state index >= 15 is 0 Å². The van der Waals surface area contributed by atoms with Crippen LogP contribution in [0.1, 0.15) is 47.0 Å². The molecule has 2 aromatic heterocycles. The van der Waals surface area contributed by atoms with Crippen molar-refractivity contribution in [2.45, 2.75) is 37.6 Å². The zero-order chi connectivity index (χ0) is 19.0. The highest BCUT2D eigenvalue weighted by molar-refractivity contribution is 5.89. The highest BCUT2D eigenvalue weighted by Crippen LogP contribution is 2.44. The number of amides is 1. The van der Waals surface area contributed by atoms with Gasteiger partial charge in [-0.3, -0.25) is 9.69 Å². The lowest BCUT2D eigenvalue weighted by molar-refractivity contribution is 0.0950. The first kappa shape index (κ1) is 17.8. The first-order chi connectivity index (χ1) is 13.0. The van der Waals surface area contributed by atoms with Gasteiger partial charge in [-0.05, 0) is 37.8 Å². The van der Waals surface area contributed by atoms with Gasteiger partial charge in [0, 0.05) is 39.3 Å². The van der Waals surface area contributed by atoms with Crippen LogP contribution in [-0.4, -0.2) is 65.1 Å². The number of carbonyl (C=O) groups excluding carboxylic acids is 1. The molecule has 0 aromatic carbocycles. The number of hydrogen-bond acceptors (Lipinski definition) is 8. The van der Waals surface area contributed by atoms with Crippen LogP contribution >= 0.6 is 0 Å². The van der Waals surface area contributed by atoms with Crippen molar-refractivity contribution < 1.29 is 9.32 Å². The number of aryl methyl sites for hydroxylation is 1. The van der Waals surface area contributed by atoms with Crippen molar-refractivity contribution in [1.82, 2.24) is 30.3 Å². The molecule has 0 bridgehead atoms. The molecule has 1 aliphatic heterocycles. The molecule has 0 saturated carbocycles. The second-order valence-corrected chi connectivity index (χ2v) is 7.62. The van der Waals surface area contributed by atoms with E-state index in [0.29, 0.717) is 12.4 Å². The Morgan fingerprint density at radius 3 is 3.00 bits per heavy atom. The van der Waals surface area contributed by atoms with E-state index in [1.54, 1.807) is 7.05 Å². The summed E-state index contributed by atoms with van der Waals surface area (Å²) < 4.78 is 5.27. The Kier molecular flexibility index (Phi) is 4.55. The van der Waals surface area contributed by atoms with E-state index in [1.807, 2.05) is 25.2 Å². The van der Waals surface area contributed by atoms with Gasteiger partial charge in [0.25, 0.3) is 11.7 Å². The summed E-state index contributed by atoms with van der Waals surface area (Å²) in [7, 11) is 5.49. The summed E-state index contributed by atoms with van der Waals surface area (Å²) in [6.45, 7) is 2.43. The minimum atomic E-state index is -0.335. The van der Waals surface area contributed by atoms with Gasteiger partial charge in [0.15, 0.2) is 0 Å². The van der Waals surface area contributed by atoms with E-state index in [2.05, 4.69) is 25.3 Å². The molecule has 9 nitrogen and oxygen atoms in total. The normalized spacial score (nSPS) is 22.0. The molecule has 9 heteroatoms. The lowest BCUT2D eigenvalue weighted by Gasteiger charge is -2.40. The standard InChI is InChI=1S/C18H25N7O2/c1-19-16(26)15-21-13(27-23-15)10-25-8-4-6-18(11-25)7-5-12-9-20-17(24(2)3)22-14(12)18/h9H,4-8,10-11H2,1-3H3,(H,19,26). The van der Waals surface area contributed by atoms with Crippen molar-refractivity contribution in [3.8, 4) is 0 Å². The minimum Gasteiger partial charge on any atom is -0.352 e. The van der Waals surface area contributed by atoms with E-state index < -0.39 is 0 Å².